The maximum absolute atomic E-state index is 11.7. The van der Waals surface area contributed by atoms with Crippen molar-refractivity contribution in [2.45, 2.75) is 63.8 Å². The highest BCUT2D eigenvalue weighted by Gasteiger charge is 2.18. The fourth-order valence-electron chi connectivity index (χ4n) is 1.93. The van der Waals surface area contributed by atoms with E-state index in [0.29, 0.717) is 31.7 Å². The van der Waals surface area contributed by atoms with Crippen molar-refractivity contribution in [2.24, 2.45) is 5.73 Å². The van der Waals surface area contributed by atoms with E-state index in [0.717, 1.165) is 38.5 Å². The summed E-state index contributed by atoms with van der Waals surface area (Å²) in [5.41, 5.74) is 5.36. The molecule has 0 unspecified atom stereocenters. The highest BCUT2D eigenvalue weighted by atomic mass is 35.5. The van der Waals surface area contributed by atoms with Gasteiger partial charge in [0.2, 0.25) is 5.91 Å². The Morgan fingerprint density at radius 3 is 2.30 bits per heavy atom. The molecule has 0 saturated carbocycles. The third-order valence-corrected chi connectivity index (χ3v) is 3.38. The first kappa shape index (κ1) is 19.2. The van der Waals surface area contributed by atoms with Crippen LogP contribution in [-0.4, -0.2) is 35.4 Å². The quantitative estimate of drug-likeness (QED) is 0.359. The first-order chi connectivity index (χ1) is 9.61. The SMILES string of the molecule is NCCCC[C@H](NC(=O)CCCCCCCCl)C(=O)O. The molecule has 6 heteroatoms. The van der Waals surface area contributed by atoms with Crippen molar-refractivity contribution in [3.05, 3.63) is 0 Å². The van der Waals surface area contributed by atoms with Crippen molar-refractivity contribution in [1.29, 1.82) is 0 Å². The standard InChI is InChI=1S/C14H27ClN2O3/c15-10-6-3-1-2-4-9-13(18)17-12(14(19)20)8-5-7-11-16/h12H,1-11,16H2,(H,17,18)(H,19,20)/t12-/m0/s1. The summed E-state index contributed by atoms with van der Waals surface area (Å²) in [5.74, 6) is -0.469. The van der Waals surface area contributed by atoms with Gasteiger partial charge in [0.1, 0.15) is 6.04 Å². The molecule has 0 aliphatic carbocycles. The first-order valence-electron chi connectivity index (χ1n) is 7.40. The van der Waals surface area contributed by atoms with Crippen LogP contribution in [0.15, 0.2) is 0 Å². The number of nitrogens with one attached hydrogen (secondary N) is 1. The van der Waals surface area contributed by atoms with Crippen LogP contribution in [0.3, 0.4) is 0 Å². The lowest BCUT2D eigenvalue weighted by molar-refractivity contribution is -0.142. The summed E-state index contributed by atoms with van der Waals surface area (Å²) in [4.78, 5) is 22.7. The van der Waals surface area contributed by atoms with E-state index in [-0.39, 0.29) is 5.91 Å². The summed E-state index contributed by atoms with van der Waals surface area (Å²) < 4.78 is 0. The number of amides is 1. The normalized spacial score (nSPS) is 12.1. The molecule has 0 spiro atoms. The highest BCUT2D eigenvalue weighted by Crippen LogP contribution is 2.07. The average Bonchev–Trinajstić information content (AvgIpc) is 2.41. The zero-order valence-electron chi connectivity index (χ0n) is 12.1. The van der Waals surface area contributed by atoms with Crippen LogP contribution in [0.1, 0.15) is 57.8 Å². The van der Waals surface area contributed by atoms with E-state index in [2.05, 4.69) is 5.32 Å². The van der Waals surface area contributed by atoms with Gasteiger partial charge >= 0.3 is 5.97 Å². The second-order valence-corrected chi connectivity index (χ2v) is 5.33. The summed E-state index contributed by atoms with van der Waals surface area (Å²) in [6.45, 7) is 0.544. The Morgan fingerprint density at radius 1 is 1.05 bits per heavy atom. The van der Waals surface area contributed by atoms with Crippen LogP contribution >= 0.6 is 11.6 Å². The Kier molecular flexibility index (Phi) is 12.7. The third kappa shape index (κ3) is 11.1. The van der Waals surface area contributed by atoms with E-state index < -0.39 is 12.0 Å². The molecular weight excluding hydrogens is 280 g/mol. The number of halogens is 1. The van der Waals surface area contributed by atoms with Gasteiger partial charge in [-0.1, -0.05) is 19.3 Å². The second kappa shape index (κ2) is 13.2. The molecule has 1 atom stereocenters. The van der Waals surface area contributed by atoms with E-state index in [9.17, 15) is 9.59 Å². The molecule has 0 aliphatic rings. The minimum atomic E-state index is -0.975. The van der Waals surface area contributed by atoms with Gasteiger partial charge in [-0.25, -0.2) is 4.79 Å². The lowest BCUT2D eigenvalue weighted by Gasteiger charge is -2.14. The summed E-state index contributed by atoms with van der Waals surface area (Å²) >= 11 is 5.58. The fourth-order valence-corrected chi connectivity index (χ4v) is 2.12. The molecule has 118 valence electrons. The number of alkyl halides is 1. The zero-order chi connectivity index (χ0) is 15.2. The third-order valence-electron chi connectivity index (χ3n) is 3.12. The molecule has 0 aliphatic heterocycles. The number of aliphatic carboxylic acids is 1. The Labute approximate surface area is 126 Å². The largest absolute Gasteiger partial charge is 0.480 e. The van der Waals surface area contributed by atoms with E-state index in [1.54, 1.807) is 0 Å². The molecule has 20 heavy (non-hydrogen) atoms. The van der Waals surface area contributed by atoms with Crippen molar-refractivity contribution in [2.75, 3.05) is 12.4 Å². The molecule has 0 fully saturated rings. The van der Waals surface area contributed by atoms with E-state index in [4.69, 9.17) is 22.4 Å². The molecule has 4 N–H and O–H groups in total. The van der Waals surface area contributed by atoms with E-state index >= 15 is 0 Å². The first-order valence-corrected chi connectivity index (χ1v) is 7.93. The molecule has 0 saturated heterocycles. The maximum Gasteiger partial charge on any atom is 0.326 e. The molecule has 5 nitrogen and oxygen atoms in total. The van der Waals surface area contributed by atoms with Crippen molar-refractivity contribution in [3.63, 3.8) is 0 Å². The van der Waals surface area contributed by atoms with Gasteiger partial charge in [0.15, 0.2) is 0 Å². The van der Waals surface area contributed by atoms with Gasteiger partial charge < -0.3 is 16.2 Å². The van der Waals surface area contributed by atoms with Crippen LogP contribution in [0.4, 0.5) is 0 Å². The lowest BCUT2D eigenvalue weighted by Crippen LogP contribution is -2.40. The van der Waals surface area contributed by atoms with Crippen LogP contribution in [0, 0.1) is 0 Å². The van der Waals surface area contributed by atoms with Gasteiger partial charge in [0, 0.05) is 12.3 Å². The molecule has 0 heterocycles. The van der Waals surface area contributed by atoms with Crippen LogP contribution in [0.5, 0.6) is 0 Å². The van der Waals surface area contributed by atoms with Crippen molar-refractivity contribution in [3.8, 4) is 0 Å². The van der Waals surface area contributed by atoms with Gasteiger partial charge in [-0.05, 0) is 38.6 Å². The second-order valence-electron chi connectivity index (χ2n) is 4.95. The number of unbranched alkanes of at least 4 members (excludes halogenated alkanes) is 5. The van der Waals surface area contributed by atoms with Crippen LogP contribution in [0.25, 0.3) is 0 Å². The van der Waals surface area contributed by atoms with Crippen LogP contribution in [-0.2, 0) is 9.59 Å². The van der Waals surface area contributed by atoms with Crippen LogP contribution in [0.2, 0.25) is 0 Å². The number of hydrogen-bond donors (Lipinski definition) is 3. The van der Waals surface area contributed by atoms with E-state index in [1.807, 2.05) is 0 Å². The van der Waals surface area contributed by atoms with Crippen molar-refractivity contribution in [1.82, 2.24) is 5.32 Å². The minimum Gasteiger partial charge on any atom is -0.480 e. The number of nitrogens with two attached hydrogens (primary N) is 1. The summed E-state index contributed by atoms with van der Waals surface area (Å²) in [7, 11) is 0. The predicted octanol–water partition coefficient (Wildman–Crippen LogP) is 2.26. The molecule has 0 rings (SSSR count). The van der Waals surface area contributed by atoms with E-state index in [1.165, 1.54) is 0 Å². The molecule has 0 aromatic carbocycles. The molecule has 0 aromatic heterocycles. The Balaban J connectivity index is 3.75. The molecular formula is C14H27ClN2O3. The summed E-state index contributed by atoms with van der Waals surface area (Å²) in [6, 6.07) is -0.787. The molecule has 0 bridgehead atoms. The maximum atomic E-state index is 11.7. The molecule has 0 radical (unpaired) electrons. The lowest BCUT2D eigenvalue weighted by atomic mass is 10.1. The van der Waals surface area contributed by atoms with Gasteiger partial charge in [-0.2, -0.15) is 0 Å². The Bertz CT molecular complexity index is 275. The number of hydrogen-bond acceptors (Lipinski definition) is 3. The number of carboxylic acid groups (broad SMARTS) is 1. The van der Waals surface area contributed by atoms with Gasteiger partial charge in [0.05, 0.1) is 0 Å². The van der Waals surface area contributed by atoms with Crippen molar-refractivity contribution >= 4 is 23.5 Å². The molecule has 1 amide bonds. The zero-order valence-corrected chi connectivity index (χ0v) is 12.8. The Morgan fingerprint density at radius 2 is 1.70 bits per heavy atom. The highest BCUT2D eigenvalue weighted by molar-refractivity contribution is 6.17. The number of carboxylic acids is 1. The smallest absolute Gasteiger partial charge is 0.326 e. The van der Waals surface area contributed by atoms with Crippen molar-refractivity contribution < 1.29 is 14.7 Å². The number of rotatable bonds is 13. The topological polar surface area (TPSA) is 92.4 Å². The summed E-state index contributed by atoms with van der Waals surface area (Å²) in [6.07, 6.45) is 7.26. The Hall–Kier alpha value is -0.810. The number of carbonyl (C=O) groups excluding carboxylic acids is 1. The monoisotopic (exact) mass is 306 g/mol. The van der Waals surface area contributed by atoms with Crippen LogP contribution < -0.4 is 11.1 Å². The fraction of sp³-hybridized carbons (Fsp3) is 0.857. The van der Waals surface area contributed by atoms with Gasteiger partial charge in [-0.3, -0.25) is 4.79 Å². The van der Waals surface area contributed by atoms with Gasteiger partial charge in [0.25, 0.3) is 0 Å². The van der Waals surface area contributed by atoms with Gasteiger partial charge in [-0.15, -0.1) is 11.6 Å². The molecule has 0 aromatic rings. The minimum absolute atomic E-state index is 0.178. The average molecular weight is 307 g/mol. The summed E-state index contributed by atoms with van der Waals surface area (Å²) in [5, 5.41) is 11.6. The number of carbonyl (C=O) groups is 2. The predicted molar refractivity (Wildman–Crippen MR) is 80.9 cm³/mol.